The van der Waals surface area contributed by atoms with E-state index < -0.39 is 7.82 Å². The molecule has 0 radical (unpaired) electrons. The van der Waals surface area contributed by atoms with E-state index in [2.05, 4.69) is 0 Å². The molecule has 0 rings (SSSR count). The number of hydrogen-bond acceptors (Lipinski definition) is 4. The van der Waals surface area contributed by atoms with Crippen LogP contribution in [0.15, 0.2) is 0 Å². The average molecular weight is 142 g/mol. The fraction of sp³-hybridized carbons (Fsp3) is 0. The molecule has 0 spiro atoms. The van der Waals surface area contributed by atoms with Crippen LogP contribution < -0.4 is 14.7 Å². The van der Waals surface area contributed by atoms with Crippen LogP contribution >= 0.6 is 7.82 Å². The Balaban J connectivity index is -0.0000000800. The number of hydrogen-bond donors (Lipinski definition) is 0. The SMILES string of the molecule is F.O=P([O-])([O-])[O-].[Al+3]. The molecule has 4 nitrogen and oxygen atoms in total. The second kappa shape index (κ2) is 4.72. The average Bonchev–Trinajstić information content (AvgIpc) is 0.722. The van der Waals surface area contributed by atoms with Gasteiger partial charge in [-0.05, 0) is 0 Å². The predicted octanol–water partition coefficient (Wildman–Crippen LogP) is -3.05. The summed E-state index contributed by atoms with van der Waals surface area (Å²) in [5.41, 5.74) is 0. The molecule has 0 saturated heterocycles. The molecule has 0 atom stereocenters. The first kappa shape index (κ1) is 15.6. The first-order valence-electron chi connectivity index (χ1n) is 0.730. The Morgan fingerprint density at radius 2 is 1.14 bits per heavy atom. The minimum atomic E-state index is -5.39. The van der Waals surface area contributed by atoms with Crippen molar-refractivity contribution in [2.45, 2.75) is 0 Å². The fourth-order valence-corrected chi connectivity index (χ4v) is 0. The van der Waals surface area contributed by atoms with E-state index in [0.717, 1.165) is 0 Å². The van der Waals surface area contributed by atoms with Crippen molar-refractivity contribution < 1.29 is 23.9 Å². The van der Waals surface area contributed by atoms with Crippen LogP contribution in [-0.2, 0) is 4.57 Å². The topological polar surface area (TPSA) is 86.2 Å². The summed E-state index contributed by atoms with van der Waals surface area (Å²) in [6.07, 6.45) is 0. The number of rotatable bonds is 0. The summed E-state index contributed by atoms with van der Waals surface area (Å²) in [6, 6.07) is 0. The van der Waals surface area contributed by atoms with E-state index in [1.165, 1.54) is 0 Å². The van der Waals surface area contributed by atoms with Gasteiger partial charge in [-0.15, -0.1) is 0 Å². The molecule has 7 heavy (non-hydrogen) atoms. The zero-order valence-corrected chi connectivity index (χ0v) is 5.11. The van der Waals surface area contributed by atoms with Crippen molar-refractivity contribution in [2.75, 3.05) is 0 Å². The molecule has 0 N–H and O–H groups in total. The maximum Gasteiger partial charge on any atom is 3.00 e. The Morgan fingerprint density at radius 1 is 1.14 bits per heavy atom. The first-order chi connectivity index (χ1) is 2.00. The molecule has 0 aliphatic rings. The van der Waals surface area contributed by atoms with Crippen LogP contribution in [0, 0.1) is 0 Å². The maximum atomic E-state index is 8.55. The smallest absolute Gasteiger partial charge is 0.822 e. The van der Waals surface area contributed by atoms with Crippen molar-refractivity contribution in [3.63, 3.8) is 0 Å². The van der Waals surface area contributed by atoms with Gasteiger partial charge in [-0.25, -0.2) is 0 Å². The van der Waals surface area contributed by atoms with E-state index in [9.17, 15) is 0 Å². The molecule has 0 aromatic heterocycles. The van der Waals surface area contributed by atoms with Crippen LogP contribution in [-0.4, -0.2) is 17.4 Å². The van der Waals surface area contributed by atoms with Gasteiger partial charge in [0.1, 0.15) is 0 Å². The third-order valence-electron chi connectivity index (χ3n) is 0. The molecule has 0 fully saturated rings. The third kappa shape index (κ3) is 419. The standard InChI is InChI=1S/Al.FH.H3O4P/c;;1-5(2,3)4/h;1H;(H3,1,2,3,4)/q+3;;/p-3. The molecular formula is HAlFO4P. The molecule has 0 amide bonds. The van der Waals surface area contributed by atoms with Crippen molar-refractivity contribution in [1.29, 1.82) is 0 Å². The van der Waals surface area contributed by atoms with Gasteiger partial charge in [0.15, 0.2) is 0 Å². The zero-order chi connectivity index (χ0) is 4.50. The van der Waals surface area contributed by atoms with Crippen LogP contribution in [0.5, 0.6) is 0 Å². The summed E-state index contributed by atoms with van der Waals surface area (Å²) in [4.78, 5) is 25.6. The Kier molecular flexibility index (Phi) is 10.6. The van der Waals surface area contributed by atoms with Crippen molar-refractivity contribution in [1.82, 2.24) is 0 Å². The van der Waals surface area contributed by atoms with Gasteiger partial charge in [-0.1, -0.05) is 0 Å². The van der Waals surface area contributed by atoms with Gasteiger partial charge < -0.3 is 19.2 Å². The number of phosphoric acid groups is 1. The van der Waals surface area contributed by atoms with Crippen molar-refractivity contribution >= 4 is 25.2 Å². The monoisotopic (exact) mass is 142 g/mol. The maximum absolute atomic E-state index is 8.55. The molecule has 0 heterocycles. The Bertz CT molecular complexity index is 57.8. The molecule has 0 aliphatic carbocycles. The molecule has 0 bridgehead atoms. The minimum Gasteiger partial charge on any atom is -0.822 e. The summed E-state index contributed by atoms with van der Waals surface area (Å²) in [6.45, 7) is 0. The van der Waals surface area contributed by atoms with E-state index >= 15 is 0 Å². The predicted molar refractivity (Wildman–Crippen MR) is 15.9 cm³/mol. The second-order valence-electron chi connectivity index (χ2n) is 0.447. The molecule has 0 aliphatic heterocycles. The van der Waals surface area contributed by atoms with Gasteiger partial charge >= 0.3 is 17.4 Å². The summed E-state index contributed by atoms with van der Waals surface area (Å²) in [7, 11) is -5.39. The van der Waals surface area contributed by atoms with E-state index in [1.54, 1.807) is 0 Å². The van der Waals surface area contributed by atoms with Gasteiger partial charge in [0, 0.05) is 0 Å². The van der Waals surface area contributed by atoms with Gasteiger partial charge in [-0.2, -0.15) is 7.82 Å². The molecule has 0 unspecified atom stereocenters. The summed E-state index contributed by atoms with van der Waals surface area (Å²) in [5.74, 6) is 0. The van der Waals surface area contributed by atoms with E-state index in [1.807, 2.05) is 0 Å². The first-order valence-corrected chi connectivity index (χ1v) is 2.19. The van der Waals surface area contributed by atoms with Crippen molar-refractivity contribution in [3.8, 4) is 0 Å². The van der Waals surface area contributed by atoms with Crippen molar-refractivity contribution in [2.24, 2.45) is 0 Å². The second-order valence-corrected chi connectivity index (χ2v) is 1.34. The largest absolute Gasteiger partial charge is 3.00 e. The van der Waals surface area contributed by atoms with E-state index in [-0.39, 0.29) is 22.1 Å². The summed E-state index contributed by atoms with van der Waals surface area (Å²) >= 11 is 0. The van der Waals surface area contributed by atoms with Gasteiger partial charge in [0.25, 0.3) is 0 Å². The molecule has 0 saturated carbocycles. The van der Waals surface area contributed by atoms with E-state index in [4.69, 9.17) is 19.2 Å². The molecular weight excluding hydrogens is 141 g/mol. The van der Waals surface area contributed by atoms with Crippen LogP contribution in [0.25, 0.3) is 0 Å². The van der Waals surface area contributed by atoms with Gasteiger partial charge in [0.2, 0.25) is 0 Å². The molecule has 40 valence electrons. The Hall–Kier alpha value is 0.572. The van der Waals surface area contributed by atoms with E-state index in [0.29, 0.717) is 0 Å². The Morgan fingerprint density at radius 3 is 1.14 bits per heavy atom. The fourth-order valence-electron chi connectivity index (χ4n) is 0. The van der Waals surface area contributed by atoms with Crippen LogP contribution in [0.1, 0.15) is 0 Å². The van der Waals surface area contributed by atoms with Crippen LogP contribution in [0.4, 0.5) is 4.70 Å². The van der Waals surface area contributed by atoms with Crippen LogP contribution in [0.2, 0.25) is 0 Å². The summed E-state index contributed by atoms with van der Waals surface area (Å²) in [5, 5.41) is 0. The summed E-state index contributed by atoms with van der Waals surface area (Å²) < 4.78 is 8.55. The third-order valence-corrected chi connectivity index (χ3v) is 0. The zero-order valence-electron chi connectivity index (χ0n) is 3.07. The quantitative estimate of drug-likeness (QED) is 0.265. The van der Waals surface area contributed by atoms with Crippen molar-refractivity contribution in [3.05, 3.63) is 0 Å². The molecule has 0 aromatic rings. The molecule has 7 heteroatoms. The normalized spacial score (nSPS) is 8.43. The van der Waals surface area contributed by atoms with Gasteiger partial charge in [-0.3, -0.25) is 4.70 Å². The minimum absolute atomic E-state index is 0. The molecule has 0 aromatic carbocycles. The number of halogens is 1. The Labute approximate surface area is 49.9 Å². The van der Waals surface area contributed by atoms with Crippen LogP contribution in [0.3, 0.4) is 0 Å². The van der Waals surface area contributed by atoms with Gasteiger partial charge in [0.05, 0.1) is 0 Å².